The molecule has 12 heavy (non-hydrogen) atoms. The second-order valence-corrected chi connectivity index (χ2v) is 4.29. The van der Waals surface area contributed by atoms with Gasteiger partial charge in [-0.05, 0) is 13.8 Å². The van der Waals surface area contributed by atoms with Crippen molar-refractivity contribution in [1.82, 2.24) is 0 Å². The van der Waals surface area contributed by atoms with E-state index in [0.29, 0.717) is 6.92 Å². The highest BCUT2D eigenvalue weighted by atomic mass is 31.2. The van der Waals surface area contributed by atoms with Crippen molar-refractivity contribution in [3.8, 4) is 0 Å². The van der Waals surface area contributed by atoms with E-state index in [9.17, 15) is 22.6 Å². The Morgan fingerprint density at radius 1 is 1.58 bits per heavy atom. The molecule has 0 aliphatic heterocycles. The molecule has 0 bridgehead atoms. The molecule has 2 atom stereocenters. The molecule has 0 aromatic heterocycles. The summed E-state index contributed by atoms with van der Waals surface area (Å²) in [5.74, 6) is 0. The summed E-state index contributed by atoms with van der Waals surface area (Å²) < 4.78 is 50.1. The lowest BCUT2D eigenvalue weighted by atomic mass is 10.5. The Bertz CT molecular complexity index is 191. The van der Waals surface area contributed by atoms with E-state index < -0.39 is 19.4 Å². The number of hydrogen-bond donors (Lipinski definition) is 0. The Labute approximate surface area is 68.1 Å². The highest BCUT2D eigenvalue weighted by Gasteiger charge is 2.43. The van der Waals surface area contributed by atoms with Crippen molar-refractivity contribution in [3.05, 3.63) is 0 Å². The Kier molecular flexibility index (Phi) is 3.75. The summed E-state index contributed by atoms with van der Waals surface area (Å²) >= 11 is 0. The van der Waals surface area contributed by atoms with Crippen LogP contribution in [-0.4, -0.2) is 18.4 Å². The van der Waals surface area contributed by atoms with Gasteiger partial charge >= 0.3 is 6.18 Å². The number of halogens is 3. The van der Waals surface area contributed by atoms with Crippen LogP contribution >= 0.6 is 7.60 Å². The summed E-state index contributed by atoms with van der Waals surface area (Å²) in [6.45, 7) is 1.60. The average molecular weight is 205 g/mol. The van der Waals surface area contributed by atoms with E-state index >= 15 is 0 Å². The fourth-order valence-electron chi connectivity index (χ4n) is 0.471. The molecule has 0 spiro atoms. The molecule has 0 heterocycles. The second kappa shape index (κ2) is 3.77. The summed E-state index contributed by atoms with van der Waals surface area (Å²) in [5, 5.41) is 0. The van der Waals surface area contributed by atoms with Gasteiger partial charge in [0, 0.05) is 0 Å². The number of hydrogen-bond acceptors (Lipinski definition) is 3. The van der Waals surface area contributed by atoms with Crippen molar-refractivity contribution < 1.29 is 27.2 Å². The molecule has 0 saturated carbocycles. The number of alkyl halides is 3. The van der Waals surface area contributed by atoms with Crippen LogP contribution in [0.3, 0.4) is 0 Å². The fraction of sp³-hybridized carbons (Fsp3) is 1.00. The molecule has 7 heteroatoms. The smallest absolute Gasteiger partial charge is 0.399 e. The predicted octanol–water partition coefficient (Wildman–Crippen LogP) is 1.53. The van der Waals surface area contributed by atoms with E-state index in [1.54, 1.807) is 0 Å². The largest absolute Gasteiger partial charge is 0.778 e. The zero-order valence-corrected chi connectivity index (χ0v) is 7.48. The summed E-state index contributed by atoms with van der Waals surface area (Å²) in [6, 6.07) is 0. The van der Waals surface area contributed by atoms with Crippen molar-refractivity contribution >= 4 is 7.60 Å². The Morgan fingerprint density at radius 3 is 2.25 bits per heavy atom. The quantitative estimate of drug-likeness (QED) is 0.656. The molecular weight excluding hydrogens is 196 g/mol. The molecule has 0 N–H and O–H groups in total. The maximum absolute atomic E-state index is 11.8. The summed E-state index contributed by atoms with van der Waals surface area (Å²) in [5.41, 5.74) is -2.44. The van der Waals surface area contributed by atoms with Crippen LogP contribution in [0.5, 0.6) is 0 Å². The molecule has 0 aromatic rings. The van der Waals surface area contributed by atoms with E-state index in [0.717, 1.165) is 0 Å². The van der Waals surface area contributed by atoms with Crippen LogP contribution in [0.25, 0.3) is 0 Å². The first-order valence-electron chi connectivity index (χ1n) is 3.23. The van der Waals surface area contributed by atoms with Crippen LogP contribution in [0.4, 0.5) is 13.2 Å². The van der Waals surface area contributed by atoms with Gasteiger partial charge in [0.2, 0.25) is 0 Å². The second-order valence-electron chi connectivity index (χ2n) is 2.18. The lowest BCUT2D eigenvalue weighted by molar-refractivity contribution is -0.216. The lowest BCUT2D eigenvalue weighted by Crippen LogP contribution is -2.31. The first-order chi connectivity index (χ1) is 5.22. The van der Waals surface area contributed by atoms with Crippen molar-refractivity contribution in [3.63, 3.8) is 0 Å². The van der Waals surface area contributed by atoms with Crippen molar-refractivity contribution in [1.29, 1.82) is 0 Å². The van der Waals surface area contributed by atoms with Gasteiger partial charge in [0.05, 0.1) is 6.61 Å². The molecule has 0 saturated heterocycles. The van der Waals surface area contributed by atoms with Crippen LogP contribution in [0.2, 0.25) is 0 Å². The van der Waals surface area contributed by atoms with Gasteiger partial charge < -0.3 is 14.0 Å². The van der Waals surface area contributed by atoms with Crippen LogP contribution in [0.15, 0.2) is 0 Å². The molecular formula is C5H9F3O3P-. The first kappa shape index (κ1) is 11.9. The zero-order chi connectivity index (χ0) is 9.99. The maximum Gasteiger partial charge on any atom is 0.399 e. The molecule has 3 nitrogen and oxygen atoms in total. The highest BCUT2D eigenvalue weighted by Crippen LogP contribution is 2.49. The average Bonchev–Trinajstić information content (AvgIpc) is 1.84. The molecule has 0 radical (unpaired) electrons. The standard InChI is InChI=1S/C5H10F3O3P/c1-3-11-12(9,10)4(2)5(6,7)8/h4H,3H2,1-2H3,(H,9,10)/p-1. The third kappa shape index (κ3) is 3.13. The summed E-state index contributed by atoms with van der Waals surface area (Å²) in [7, 11) is -4.78. The fourth-order valence-corrected chi connectivity index (χ4v) is 1.41. The number of rotatable bonds is 3. The third-order valence-corrected chi connectivity index (χ3v) is 3.12. The molecule has 0 aliphatic rings. The third-order valence-electron chi connectivity index (χ3n) is 1.26. The molecule has 74 valence electrons. The van der Waals surface area contributed by atoms with Crippen LogP contribution < -0.4 is 4.89 Å². The van der Waals surface area contributed by atoms with Crippen molar-refractivity contribution in [2.45, 2.75) is 25.7 Å². The van der Waals surface area contributed by atoms with Gasteiger partial charge in [-0.2, -0.15) is 13.2 Å². The molecule has 0 rings (SSSR count). The molecule has 0 fully saturated rings. The molecule has 0 aromatic carbocycles. The minimum absolute atomic E-state index is 0.277. The van der Waals surface area contributed by atoms with Crippen LogP contribution in [0, 0.1) is 0 Å². The minimum Gasteiger partial charge on any atom is -0.778 e. The van der Waals surface area contributed by atoms with E-state index in [-0.39, 0.29) is 6.61 Å². The predicted molar refractivity (Wildman–Crippen MR) is 34.7 cm³/mol. The summed E-state index contributed by atoms with van der Waals surface area (Å²) in [4.78, 5) is 10.7. The van der Waals surface area contributed by atoms with Crippen molar-refractivity contribution in [2.75, 3.05) is 6.61 Å². The topological polar surface area (TPSA) is 49.4 Å². The van der Waals surface area contributed by atoms with E-state index in [4.69, 9.17) is 0 Å². The lowest BCUT2D eigenvalue weighted by Gasteiger charge is -2.30. The monoisotopic (exact) mass is 205 g/mol. The van der Waals surface area contributed by atoms with Gasteiger partial charge in [0.1, 0.15) is 13.3 Å². The van der Waals surface area contributed by atoms with Gasteiger partial charge in [-0.1, -0.05) is 0 Å². The highest BCUT2D eigenvalue weighted by molar-refractivity contribution is 7.52. The van der Waals surface area contributed by atoms with Crippen LogP contribution in [-0.2, 0) is 9.09 Å². The Hall–Kier alpha value is -0.0600. The Balaban J connectivity index is 4.46. The molecule has 0 amide bonds. The van der Waals surface area contributed by atoms with Crippen molar-refractivity contribution in [2.24, 2.45) is 0 Å². The Morgan fingerprint density at radius 2 is 2.00 bits per heavy atom. The van der Waals surface area contributed by atoms with E-state index in [1.165, 1.54) is 6.92 Å². The van der Waals surface area contributed by atoms with Gasteiger partial charge in [-0.3, -0.25) is 0 Å². The zero-order valence-electron chi connectivity index (χ0n) is 6.59. The molecule has 2 unspecified atom stereocenters. The van der Waals surface area contributed by atoms with Gasteiger partial charge in [0.15, 0.2) is 0 Å². The SMILES string of the molecule is CCOP(=O)([O-])C(C)C(F)(F)F. The normalized spacial score (nSPS) is 20.2. The van der Waals surface area contributed by atoms with E-state index in [2.05, 4.69) is 4.52 Å². The van der Waals surface area contributed by atoms with Gasteiger partial charge in [-0.25, -0.2) is 0 Å². The maximum atomic E-state index is 11.8. The minimum atomic E-state index is -4.78. The first-order valence-corrected chi connectivity index (χ1v) is 4.85. The molecule has 0 aliphatic carbocycles. The van der Waals surface area contributed by atoms with Crippen LogP contribution in [0.1, 0.15) is 13.8 Å². The van der Waals surface area contributed by atoms with Gasteiger partial charge in [0.25, 0.3) is 0 Å². The summed E-state index contributed by atoms with van der Waals surface area (Å²) in [6.07, 6.45) is -4.76. The van der Waals surface area contributed by atoms with E-state index in [1.807, 2.05) is 0 Å². The van der Waals surface area contributed by atoms with Gasteiger partial charge in [-0.15, -0.1) is 0 Å².